The van der Waals surface area contributed by atoms with Gasteiger partial charge in [-0.15, -0.1) is 0 Å². The van der Waals surface area contributed by atoms with Crippen LogP contribution in [0, 0.1) is 0 Å². The second-order valence-corrected chi connectivity index (χ2v) is 15.8. The first-order valence-electron chi connectivity index (χ1n) is 21.2. The second kappa shape index (κ2) is 19.7. The Labute approximate surface area is 367 Å². The molecule has 0 fully saturated rings. The first kappa shape index (κ1) is 44.6. The predicted molar refractivity (Wildman–Crippen MR) is 237 cm³/mol. The average Bonchev–Trinajstić information content (AvgIpc) is 3.32. The van der Waals surface area contributed by atoms with Gasteiger partial charge in [-0.1, -0.05) is 86.6 Å². The highest BCUT2D eigenvalue weighted by Crippen LogP contribution is 2.47. The molecule has 0 saturated carbocycles. The van der Waals surface area contributed by atoms with Gasteiger partial charge >= 0.3 is 0 Å². The van der Waals surface area contributed by atoms with Crippen molar-refractivity contribution in [3.63, 3.8) is 0 Å². The number of aromatic hydroxyl groups is 7. The normalized spacial score (nSPS) is 21.0. The molecule has 12 nitrogen and oxygen atoms in total. The summed E-state index contributed by atoms with van der Waals surface area (Å²) in [7, 11) is 1.61. The summed E-state index contributed by atoms with van der Waals surface area (Å²) in [5.74, 6) is 0.469. The molecule has 9 rings (SSSR count). The third-order valence-corrected chi connectivity index (χ3v) is 11.9. The Balaban J connectivity index is 0.000000142. The lowest BCUT2D eigenvalue weighted by Gasteiger charge is -2.32. The van der Waals surface area contributed by atoms with Crippen molar-refractivity contribution < 1.29 is 54.7 Å². The Morgan fingerprint density at radius 2 is 0.905 bits per heavy atom. The van der Waals surface area contributed by atoms with Gasteiger partial charge in [0.2, 0.25) is 0 Å². The van der Waals surface area contributed by atoms with Gasteiger partial charge in [0.25, 0.3) is 0 Å². The zero-order valence-corrected chi connectivity index (χ0v) is 35.5. The molecule has 0 spiro atoms. The number of hydrogen-bond acceptors (Lipinski definition) is 12. The minimum atomic E-state index is -0.313. The van der Waals surface area contributed by atoms with E-state index in [0.717, 1.165) is 63.1 Å². The molecular formula is C51H55NO11. The summed E-state index contributed by atoms with van der Waals surface area (Å²) in [5.41, 5.74) is 13.7. The van der Waals surface area contributed by atoms with Crippen LogP contribution in [-0.4, -0.2) is 49.4 Å². The van der Waals surface area contributed by atoms with E-state index >= 15 is 0 Å². The molecule has 6 aromatic carbocycles. The fourth-order valence-corrected chi connectivity index (χ4v) is 8.62. The van der Waals surface area contributed by atoms with Crippen molar-refractivity contribution in [2.24, 2.45) is 5.73 Å². The number of rotatable bonds is 7. The lowest BCUT2D eigenvalue weighted by molar-refractivity contribution is -0.0300. The smallest absolute Gasteiger partial charge is 0.161 e. The van der Waals surface area contributed by atoms with E-state index in [9.17, 15) is 35.7 Å². The molecule has 0 aliphatic carbocycles. The van der Waals surface area contributed by atoms with E-state index in [0.29, 0.717) is 31.4 Å². The first-order chi connectivity index (χ1) is 30.4. The number of nitrogens with two attached hydrogens (primary N) is 1. The lowest BCUT2D eigenvalue weighted by Crippen LogP contribution is -2.25. The van der Waals surface area contributed by atoms with Crippen LogP contribution in [0.1, 0.15) is 113 Å². The Morgan fingerprint density at radius 3 is 1.35 bits per heavy atom. The summed E-state index contributed by atoms with van der Waals surface area (Å²) < 4.78 is 23.6. The lowest BCUT2D eigenvalue weighted by atomic mass is 9.89. The number of phenols is 7. The molecule has 6 aromatic rings. The minimum Gasteiger partial charge on any atom is -0.508 e. The molecule has 6 atom stereocenters. The summed E-state index contributed by atoms with van der Waals surface area (Å²) >= 11 is 0. The van der Waals surface area contributed by atoms with Crippen molar-refractivity contribution in [1.29, 1.82) is 0 Å². The zero-order valence-electron chi connectivity index (χ0n) is 35.5. The molecule has 0 bridgehead atoms. The minimum absolute atomic E-state index is 0.00909. The zero-order chi connectivity index (χ0) is 44.8. The highest BCUT2D eigenvalue weighted by atomic mass is 16.5. The summed E-state index contributed by atoms with van der Waals surface area (Å²) in [4.78, 5) is 0. The standard InChI is InChI=1S/C17H19NO4.C17H18O4.C17H18O3/c1-21-11-4-2-3-10(7-11)15-8-13-12(16(9-18)22-15)5-6-14(19)17(13)20;1-2-15-12-6-7-14(19)17(20)13(12)9-16(21-15)10-4-3-5-11(18)8-10;1-2-15-12-8-9-14(18)17(19)13(12)10-16(20-15)11-6-4-3-5-7-11/h2-7,15-16,19-20H,8-9,18H2,1H3;3-8,15-16,18-20H,2,9H2,1H3;3-9,15-16,18-19H,2,10H2,1H3. The molecular weight excluding hydrogens is 803 g/mol. The van der Waals surface area contributed by atoms with Gasteiger partial charge in [0.15, 0.2) is 34.5 Å². The Morgan fingerprint density at radius 1 is 0.492 bits per heavy atom. The molecule has 0 saturated heterocycles. The third kappa shape index (κ3) is 9.64. The number of ether oxygens (including phenoxy) is 4. The van der Waals surface area contributed by atoms with Gasteiger partial charge in [-0.2, -0.15) is 0 Å². The third-order valence-electron chi connectivity index (χ3n) is 11.9. The fraction of sp³-hybridized carbons (Fsp3) is 0.294. The average molecular weight is 858 g/mol. The number of hydrogen-bond donors (Lipinski definition) is 8. The summed E-state index contributed by atoms with van der Waals surface area (Å²) in [5, 5.41) is 69.1. The summed E-state index contributed by atoms with van der Waals surface area (Å²) in [6.07, 6.45) is 2.06. The maximum Gasteiger partial charge on any atom is 0.161 e. The predicted octanol–water partition coefficient (Wildman–Crippen LogP) is 9.85. The molecule has 63 heavy (non-hydrogen) atoms. The SMILES string of the molecule is CCC1OC(c2cccc(O)c2)Cc2c1ccc(O)c2O.CCC1OC(c2ccccc2)Cc2c1ccc(O)c2O.COc1cccc(C2Cc3c(ccc(O)c3O)C(CN)O2)c1. The van der Waals surface area contributed by atoms with Crippen LogP contribution in [0.3, 0.4) is 0 Å². The van der Waals surface area contributed by atoms with E-state index < -0.39 is 0 Å². The molecule has 330 valence electrons. The van der Waals surface area contributed by atoms with Crippen LogP contribution < -0.4 is 10.5 Å². The summed E-state index contributed by atoms with van der Waals surface area (Å²) in [6, 6.07) is 34.5. The van der Waals surface area contributed by atoms with E-state index in [4.69, 9.17) is 24.7 Å². The number of methoxy groups -OCH3 is 1. The number of fused-ring (bicyclic) bond motifs is 3. The van der Waals surface area contributed by atoms with Crippen molar-refractivity contribution >= 4 is 0 Å². The van der Waals surface area contributed by atoms with Crippen molar-refractivity contribution in [2.45, 2.75) is 82.6 Å². The van der Waals surface area contributed by atoms with Gasteiger partial charge < -0.3 is 60.4 Å². The maximum atomic E-state index is 10.2. The van der Waals surface area contributed by atoms with E-state index in [1.54, 1.807) is 37.4 Å². The maximum absolute atomic E-state index is 10.2. The van der Waals surface area contributed by atoms with E-state index in [2.05, 4.69) is 6.92 Å². The molecule has 3 aliphatic heterocycles. The van der Waals surface area contributed by atoms with Gasteiger partial charge in [-0.05, 0) is 88.7 Å². The van der Waals surface area contributed by atoms with E-state index in [-0.39, 0.29) is 76.9 Å². The van der Waals surface area contributed by atoms with Crippen LogP contribution in [0.5, 0.6) is 46.0 Å². The molecule has 9 N–H and O–H groups in total. The topological polar surface area (TPSA) is 205 Å². The van der Waals surface area contributed by atoms with Gasteiger partial charge in [-0.25, -0.2) is 0 Å². The van der Waals surface area contributed by atoms with Crippen molar-refractivity contribution in [2.75, 3.05) is 13.7 Å². The molecule has 3 heterocycles. The van der Waals surface area contributed by atoms with Crippen LogP contribution in [0.2, 0.25) is 0 Å². The van der Waals surface area contributed by atoms with Crippen molar-refractivity contribution in [3.05, 3.63) is 165 Å². The molecule has 0 aromatic heterocycles. The first-order valence-corrected chi connectivity index (χ1v) is 21.2. The molecule has 0 amide bonds. The van der Waals surface area contributed by atoms with Crippen molar-refractivity contribution in [3.8, 4) is 46.0 Å². The quantitative estimate of drug-likeness (QED) is 0.0707. The Hall–Kier alpha value is -6.44. The Bertz CT molecular complexity index is 2510. The fourth-order valence-electron chi connectivity index (χ4n) is 8.62. The van der Waals surface area contributed by atoms with E-state index in [1.807, 2.05) is 73.7 Å². The van der Waals surface area contributed by atoms with Crippen LogP contribution >= 0.6 is 0 Å². The van der Waals surface area contributed by atoms with Crippen LogP contribution in [0.15, 0.2) is 115 Å². The highest BCUT2D eigenvalue weighted by Gasteiger charge is 2.33. The highest BCUT2D eigenvalue weighted by molar-refractivity contribution is 5.53. The Kier molecular flexibility index (Phi) is 14.0. The van der Waals surface area contributed by atoms with E-state index in [1.165, 1.54) is 18.2 Å². The van der Waals surface area contributed by atoms with Gasteiger partial charge in [0.05, 0.1) is 43.7 Å². The second-order valence-electron chi connectivity index (χ2n) is 15.8. The number of benzene rings is 6. The molecule has 12 heteroatoms. The molecule has 6 unspecified atom stereocenters. The van der Waals surface area contributed by atoms with Gasteiger partial charge in [-0.3, -0.25) is 0 Å². The number of phenolic OH excluding ortho intramolecular Hbond substituents is 7. The van der Waals surface area contributed by atoms with Gasteiger partial charge in [0.1, 0.15) is 11.5 Å². The monoisotopic (exact) mass is 857 g/mol. The van der Waals surface area contributed by atoms with Gasteiger partial charge in [0, 0.05) is 42.5 Å². The van der Waals surface area contributed by atoms with Crippen LogP contribution in [0.4, 0.5) is 0 Å². The van der Waals surface area contributed by atoms with Crippen LogP contribution in [0.25, 0.3) is 0 Å². The molecule has 0 radical (unpaired) electrons. The summed E-state index contributed by atoms with van der Waals surface area (Å²) in [6.45, 7) is 4.38. The van der Waals surface area contributed by atoms with Crippen molar-refractivity contribution in [1.82, 2.24) is 0 Å². The largest absolute Gasteiger partial charge is 0.508 e. The molecule has 3 aliphatic rings. The van der Waals surface area contributed by atoms with Crippen LogP contribution in [-0.2, 0) is 33.5 Å².